The number of amides is 1. The van der Waals surface area contributed by atoms with Crippen molar-refractivity contribution in [1.29, 1.82) is 0 Å². The molecule has 0 bridgehead atoms. The second-order valence-corrected chi connectivity index (χ2v) is 6.98. The molecule has 0 aromatic carbocycles. The third kappa shape index (κ3) is 5.56. The van der Waals surface area contributed by atoms with E-state index in [1.54, 1.807) is 17.6 Å². The Morgan fingerprint density at radius 1 is 1.43 bits per heavy atom. The van der Waals surface area contributed by atoms with Gasteiger partial charge in [0.25, 0.3) is 5.91 Å². The Labute approximate surface area is 139 Å². The van der Waals surface area contributed by atoms with Crippen molar-refractivity contribution in [2.75, 3.05) is 5.75 Å². The number of hydrogen-bond donors (Lipinski definition) is 1. The van der Waals surface area contributed by atoms with Crippen LogP contribution in [0.3, 0.4) is 0 Å². The molecule has 8 heteroatoms. The molecule has 0 saturated carbocycles. The van der Waals surface area contributed by atoms with Crippen LogP contribution in [0.5, 0.6) is 0 Å². The Morgan fingerprint density at radius 3 is 2.76 bits per heavy atom. The van der Waals surface area contributed by atoms with E-state index in [0.717, 1.165) is 20.7 Å². The molecule has 2 aromatic rings. The number of halogens is 1. The maximum atomic E-state index is 11.7. The second-order valence-electron chi connectivity index (χ2n) is 4.18. The SMILES string of the molecule is Cc1cc(C)nc(SCC(=O)N/N=C/c2cc(Br)cs2)n1. The van der Waals surface area contributed by atoms with Crippen LogP contribution in [0.15, 0.2) is 32.2 Å². The van der Waals surface area contributed by atoms with Gasteiger partial charge in [-0.1, -0.05) is 11.8 Å². The molecule has 0 fully saturated rings. The monoisotopic (exact) mass is 384 g/mol. The van der Waals surface area contributed by atoms with Gasteiger partial charge in [-0.3, -0.25) is 4.79 Å². The third-order valence-electron chi connectivity index (χ3n) is 2.26. The number of nitrogens with zero attached hydrogens (tertiary/aromatic N) is 3. The highest BCUT2D eigenvalue weighted by molar-refractivity contribution is 9.10. The van der Waals surface area contributed by atoms with E-state index in [2.05, 4.69) is 36.4 Å². The first-order valence-electron chi connectivity index (χ1n) is 6.04. The zero-order chi connectivity index (χ0) is 15.2. The highest BCUT2D eigenvalue weighted by atomic mass is 79.9. The van der Waals surface area contributed by atoms with E-state index in [4.69, 9.17) is 0 Å². The van der Waals surface area contributed by atoms with Gasteiger partial charge in [-0.2, -0.15) is 5.10 Å². The standard InChI is InChI=1S/C13H13BrN4OS2/c1-8-3-9(2)17-13(16-8)21-7-12(19)18-15-5-11-4-10(14)6-20-11/h3-6H,7H2,1-2H3,(H,18,19)/b15-5+. The van der Waals surface area contributed by atoms with E-state index in [1.165, 1.54) is 11.8 Å². The highest BCUT2D eigenvalue weighted by Gasteiger charge is 2.05. The van der Waals surface area contributed by atoms with Gasteiger partial charge in [0.2, 0.25) is 0 Å². The summed E-state index contributed by atoms with van der Waals surface area (Å²) < 4.78 is 1.00. The van der Waals surface area contributed by atoms with E-state index in [-0.39, 0.29) is 11.7 Å². The van der Waals surface area contributed by atoms with E-state index in [0.29, 0.717) is 5.16 Å². The number of carbonyl (C=O) groups excluding carboxylic acids is 1. The van der Waals surface area contributed by atoms with Gasteiger partial charge in [0.05, 0.1) is 12.0 Å². The minimum absolute atomic E-state index is 0.186. The molecule has 0 aliphatic carbocycles. The van der Waals surface area contributed by atoms with Crippen LogP contribution < -0.4 is 5.43 Å². The molecule has 0 spiro atoms. The summed E-state index contributed by atoms with van der Waals surface area (Å²) >= 11 is 6.20. The third-order valence-corrected chi connectivity index (χ3v) is 4.74. The maximum absolute atomic E-state index is 11.7. The molecule has 110 valence electrons. The topological polar surface area (TPSA) is 67.2 Å². The van der Waals surface area contributed by atoms with Crippen LogP contribution in [0.4, 0.5) is 0 Å². The van der Waals surface area contributed by atoms with Gasteiger partial charge in [-0.25, -0.2) is 15.4 Å². The summed E-state index contributed by atoms with van der Waals surface area (Å²) in [5, 5.41) is 6.47. The Morgan fingerprint density at radius 2 is 2.14 bits per heavy atom. The van der Waals surface area contributed by atoms with Crippen molar-refractivity contribution < 1.29 is 4.79 Å². The molecule has 1 N–H and O–H groups in total. The molecule has 2 rings (SSSR count). The van der Waals surface area contributed by atoms with Crippen LogP contribution in [-0.4, -0.2) is 27.8 Å². The van der Waals surface area contributed by atoms with Gasteiger partial charge in [-0.15, -0.1) is 11.3 Å². The number of carbonyl (C=O) groups is 1. The molecule has 0 unspecified atom stereocenters. The molecule has 21 heavy (non-hydrogen) atoms. The molecule has 0 aliphatic heterocycles. The Hall–Kier alpha value is -1.25. The summed E-state index contributed by atoms with van der Waals surface area (Å²) in [6.45, 7) is 3.81. The Kier molecular flexibility index (Phi) is 5.89. The molecule has 1 amide bonds. The maximum Gasteiger partial charge on any atom is 0.250 e. The zero-order valence-corrected chi connectivity index (χ0v) is 14.7. The second kappa shape index (κ2) is 7.67. The fourth-order valence-corrected chi connectivity index (χ4v) is 3.53. The molecule has 2 heterocycles. The first kappa shape index (κ1) is 16.1. The van der Waals surface area contributed by atoms with E-state index >= 15 is 0 Å². The van der Waals surface area contributed by atoms with E-state index in [9.17, 15) is 4.79 Å². The lowest BCUT2D eigenvalue weighted by Crippen LogP contribution is -2.19. The number of aromatic nitrogens is 2. The van der Waals surface area contributed by atoms with Crippen molar-refractivity contribution in [1.82, 2.24) is 15.4 Å². The fourth-order valence-electron chi connectivity index (χ4n) is 1.48. The number of nitrogens with one attached hydrogen (secondary N) is 1. The molecule has 0 radical (unpaired) electrons. The first-order chi connectivity index (χ1) is 10.0. The molecule has 2 aromatic heterocycles. The predicted octanol–water partition coefficient (Wildman–Crippen LogP) is 3.16. The molecule has 0 atom stereocenters. The van der Waals surface area contributed by atoms with Crippen LogP contribution in [0, 0.1) is 13.8 Å². The summed E-state index contributed by atoms with van der Waals surface area (Å²) in [5.74, 6) is 0.0450. The highest BCUT2D eigenvalue weighted by Crippen LogP contribution is 2.17. The summed E-state index contributed by atoms with van der Waals surface area (Å²) in [6.07, 6.45) is 1.62. The Balaban J connectivity index is 1.80. The van der Waals surface area contributed by atoms with Crippen molar-refractivity contribution >= 4 is 51.2 Å². The predicted molar refractivity (Wildman–Crippen MR) is 90.0 cm³/mol. The van der Waals surface area contributed by atoms with E-state index in [1.807, 2.05) is 31.4 Å². The summed E-state index contributed by atoms with van der Waals surface area (Å²) in [6, 6.07) is 3.83. The van der Waals surface area contributed by atoms with Crippen molar-refractivity contribution in [2.24, 2.45) is 5.10 Å². The summed E-state index contributed by atoms with van der Waals surface area (Å²) in [4.78, 5) is 21.2. The lowest BCUT2D eigenvalue weighted by atomic mass is 10.4. The lowest BCUT2D eigenvalue weighted by molar-refractivity contribution is -0.118. The van der Waals surface area contributed by atoms with Gasteiger partial charge < -0.3 is 0 Å². The minimum Gasteiger partial charge on any atom is -0.272 e. The molecular weight excluding hydrogens is 372 g/mol. The quantitative estimate of drug-likeness (QED) is 0.372. The van der Waals surface area contributed by atoms with Crippen molar-refractivity contribution in [3.05, 3.63) is 38.3 Å². The van der Waals surface area contributed by atoms with E-state index < -0.39 is 0 Å². The van der Waals surface area contributed by atoms with Crippen LogP contribution in [0.2, 0.25) is 0 Å². The van der Waals surface area contributed by atoms with Crippen LogP contribution >= 0.6 is 39.0 Å². The average Bonchev–Trinajstić information content (AvgIpc) is 2.81. The largest absolute Gasteiger partial charge is 0.272 e. The Bertz CT molecular complexity index is 652. The average molecular weight is 385 g/mol. The van der Waals surface area contributed by atoms with Crippen molar-refractivity contribution in [3.8, 4) is 0 Å². The van der Waals surface area contributed by atoms with Crippen LogP contribution in [0.1, 0.15) is 16.3 Å². The fraction of sp³-hybridized carbons (Fsp3) is 0.231. The van der Waals surface area contributed by atoms with Gasteiger partial charge in [0.1, 0.15) is 0 Å². The smallest absolute Gasteiger partial charge is 0.250 e. The number of thiophene rings is 1. The molecular formula is C13H13BrN4OS2. The number of aryl methyl sites for hydroxylation is 2. The number of thioether (sulfide) groups is 1. The van der Waals surface area contributed by atoms with Gasteiger partial charge in [0, 0.05) is 26.1 Å². The number of hydrogen-bond acceptors (Lipinski definition) is 6. The van der Waals surface area contributed by atoms with Crippen molar-refractivity contribution in [2.45, 2.75) is 19.0 Å². The van der Waals surface area contributed by atoms with Crippen LogP contribution in [-0.2, 0) is 4.79 Å². The van der Waals surface area contributed by atoms with Gasteiger partial charge in [-0.05, 0) is 41.9 Å². The molecule has 0 saturated heterocycles. The summed E-state index contributed by atoms with van der Waals surface area (Å²) in [7, 11) is 0. The summed E-state index contributed by atoms with van der Waals surface area (Å²) in [5.41, 5.74) is 4.28. The minimum atomic E-state index is -0.186. The number of hydrazone groups is 1. The van der Waals surface area contributed by atoms with Gasteiger partial charge in [0.15, 0.2) is 5.16 Å². The van der Waals surface area contributed by atoms with Crippen molar-refractivity contribution in [3.63, 3.8) is 0 Å². The molecule has 5 nitrogen and oxygen atoms in total. The lowest BCUT2D eigenvalue weighted by Gasteiger charge is -2.02. The first-order valence-corrected chi connectivity index (χ1v) is 8.70. The van der Waals surface area contributed by atoms with Crippen LogP contribution in [0.25, 0.3) is 0 Å². The zero-order valence-electron chi connectivity index (χ0n) is 11.5. The van der Waals surface area contributed by atoms with Gasteiger partial charge >= 0.3 is 0 Å². The number of rotatable bonds is 5. The normalized spacial score (nSPS) is 11.0. The molecule has 0 aliphatic rings.